The first-order chi connectivity index (χ1) is 9.67. The van der Waals surface area contributed by atoms with Crippen LogP contribution >= 0.6 is 11.6 Å². The summed E-state index contributed by atoms with van der Waals surface area (Å²) in [6, 6.07) is 3.95. The Bertz CT molecular complexity index is 404. The summed E-state index contributed by atoms with van der Waals surface area (Å²) in [7, 11) is 3.24. The van der Waals surface area contributed by atoms with E-state index >= 15 is 0 Å². The Morgan fingerprint density at radius 2 is 1.65 bits per heavy atom. The van der Waals surface area contributed by atoms with E-state index in [0.29, 0.717) is 16.5 Å². The summed E-state index contributed by atoms with van der Waals surface area (Å²) in [6.45, 7) is 7.73. The van der Waals surface area contributed by atoms with Crippen LogP contribution in [0.3, 0.4) is 0 Å². The van der Waals surface area contributed by atoms with Gasteiger partial charge in [0.25, 0.3) is 0 Å². The SMILES string of the molecule is CCCN(CCC)CCc1ccc(OC)c(OC)c1Cl. The topological polar surface area (TPSA) is 21.7 Å². The number of halogens is 1. The van der Waals surface area contributed by atoms with Gasteiger partial charge in [-0.15, -0.1) is 0 Å². The Labute approximate surface area is 127 Å². The highest BCUT2D eigenvalue weighted by Gasteiger charge is 2.13. The van der Waals surface area contributed by atoms with Crippen LogP contribution in [0, 0.1) is 0 Å². The van der Waals surface area contributed by atoms with Gasteiger partial charge in [-0.1, -0.05) is 31.5 Å². The third kappa shape index (κ3) is 4.57. The van der Waals surface area contributed by atoms with Crippen molar-refractivity contribution in [3.63, 3.8) is 0 Å². The Balaban J connectivity index is 2.77. The lowest BCUT2D eigenvalue weighted by molar-refractivity contribution is 0.278. The summed E-state index contributed by atoms with van der Waals surface area (Å²) < 4.78 is 10.6. The monoisotopic (exact) mass is 299 g/mol. The average molecular weight is 300 g/mol. The molecule has 0 spiro atoms. The maximum atomic E-state index is 6.41. The lowest BCUT2D eigenvalue weighted by atomic mass is 10.1. The van der Waals surface area contributed by atoms with Crippen LogP contribution in [0.5, 0.6) is 11.5 Å². The molecule has 0 bridgehead atoms. The van der Waals surface area contributed by atoms with Gasteiger partial charge in [-0.05, 0) is 44.0 Å². The first-order valence-corrected chi connectivity index (χ1v) is 7.67. The molecule has 0 aromatic heterocycles. The van der Waals surface area contributed by atoms with Crippen molar-refractivity contribution >= 4 is 11.6 Å². The summed E-state index contributed by atoms with van der Waals surface area (Å²) >= 11 is 6.41. The standard InChI is InChI=1S/C16H26ClNO2/c1-5-10-18(11-6-2)12-9-13-7-8-14(19-3)16(20-4)15(13)17/h7-8H,5-6,9-12H2,1-4H3. The quantitative estimate of drug-likeness (QED) is 0.687. The van der Waals surface area contributed by atoms with E-state index in [0.717, 1.165) is 31.6 Å². The number of nitrogens with zero attached hydrogens (tertiary/aromatic N) is 1. The van der Waals surface area contributed by atoms with Gasteiger partial charge in [0.15, 0.2) is 11.5 Å². The van der Waals surface area contributed by atoms with Gasteiger partial charge in [-0.25, -0.2) is 0 Å². The number of hydrogen-bond acceptors (Lipinski definition) is 3. The molecular weight excluding hydrogens is 274 g/mol. The average Bonchev–Trinajstić information content (AvgIpc) is 2.45. The number of hydrogen-bond donors (Lipinski definition) is 0. The van der Waals surface area contributed by atoms with Crippen molar-refractivity contribution in [2.75, 3.05) is 33.9 Å². The molecule has 0 radical (unpaired) electrons. The van der Waals surface area contributed by atoms with Crippen LogP contribution in [0.1, 0.15) is 32.3 Å². The summed E-state index contributed by atoms with van der Waals surface area (Å²) in [5.41, 5.74) is 1.11. The van der Waals surface area contributed by atoms with Crippen LogP contribution in [0.4, 0.5) is 0 Å². The van der Waals surface area contributed by atoms with Gasteiger partial charge in [-0.3, -0.25) is 0 Å². The number of ether oxygens (including phenoxy) is 2. The number of methoxy groups -OCH3 is 2. The predicted octanol–water partition coefficient (Wildman–Crippen LogP) is 4.02. The van der Waals surface area contributed by atoms with Crippen LogP contribution in [0.2, 0.25) is 5.02 Å². The van der Waals surface area contributed by atoms with Gasteiger partial charge in [0.05, 0.1) is 19.2 Å². The predicted molar refractivity (Wildman–Crippen MR) is 85.3 cm³/mol. The van der Waals surface area contributed by atoms with Crippen LogP contribution in [0.15, 0.2) is 12.1 Å². The van der Waals surface area contributed by atoms with Gasteiger partial charge < -0.3 is 14.4 Å². The molecule has 4 heteroatoms. The Hall–Kier alpha value is -0.930. The van der Waals surface area contributed by atoms with Crippen LogP contribution in [0.25, 0.3) is 0 Å². The van der Waals surface area contributed by atoms with E-state index in [1.165, 1.54) is 12.8 Å². The molecule has 0 N–H and O–H groups in total. The molecule has 0 saturated carbocycles. The van der Waals surface area contributed by atoms with Crippen molar-refractivity contribution in [3.8, 4) is 11.5 Å². The van der Waals surface area contributed by atoms with E-state index in [1.54, 1.807) is 14.2 Å². The minimum absolute atomic E-state index is 0.629. The van der Waals surface area contributed by atoms with E-state index in [2.05, 4.69) is 18.7 Å². The zero-order valence-electron chi connectivity index (χ0n) is 13.0. The molecule has 0 fully saturated rings. The zero-order valence-corrected chi connectivity index (χ0v) is 13.8. The highest BCUT2D eigenvalue weighted by molar-refractivity contribution is 6.33. The molecule has 3 nitrogen and oxygen atoms in total. The van der Waals surface area contributed by atoms with E-state index in [-0.39, 0.29) is 0 Å². The molecule has 0 amide bonds. The van der Waals surface area contributed by atoms with Crippen molar-refractivity contribution in [2.24, 2.45) is 0 Å². The van der Waals surface area contributed by atoms with E-state index < -0.39 is 0 Å². The smallest absolute Gasteiger partial charge is 0.179 e. The maximum absolute atomic E-state index is 6.41. The second-order valence-electron chi connectivity index (χ2n) is 4.87. The summed E-state index contributed by atoms with van der Waals surface area (Å²) in [5.74, 6) is 1.31. The Kier molecular flexibility index (Phi) is 7.78. The Morgan fingerprint density at radius 1 is 1.00 bits per heavy atom. The van der Waals surface area contributed by atoms with Crippen LogP contribution in [-0.2, 0) is 6.42 Å². The highest BCUT2D eigenvalue weighted by Crippen LogP contribution is 2.37. The summed E-state index contributed by atoms with van der Waals surface area (Å²) in [6.07, 6.45) is 3.29. The first kappa shape index (κ1) is 17.1. The van der Waals surface area contributed by atoms with Crippen molar-refractivity contribution in [1.82, 2.24) is 4.90 Å². The van der Waals surface area contributed by atoms with Crippen molar-refractivity contribution in [3.05, 3.63) is 22.7 Å². The molecule has 1 rings (SSSR count). The van der Waals surface area contributed by atoms with Crippen LogP contribution < -0.4 is 9.47 Å². The molecule has 0 saturated heterocycles. The van der Waals surface area contributed by atoms with Gasteiger partial charge in [0.2, 0.25) is 0 Å². The van der Waals surface area contributed by atoms with Gasteiger partial charge in [-0.2, -0.15) is 0 Å². The first-order valence-electron chi connectivity index (χ1n) is 7.29. The molecule has 1 aromatic rings. The molecule has 0 unspecified atom stereocenters. The molecule has 0 aliphatic rings. The fraction of sp³-hybridized carbons (Fsp3) is 0.625. The van der Waals surface area contributed by atoms with Crippen molar-refractivity contribution in [1.29, 1.82) is 0 Å². The van der Waals surface area contributed by atoms with Crippen molar-refractivity contribution in [2.45, 2.75) is 33.1 Å². The molecular formula is C16H26ClNO2. The minimum Gasteiger partial charge on any atom is -0.493 e. The largest absolute Gasteiger partial charge is 0.493 e. The second kappa shape index (κ2) is 9.09. The third-order valence-electron chi connectivity index (χ3n) is 3.34. The third-order valence-corrected chi connectivity index (χ3v) is 3.76. The minimum atomic E-state index is 0.629. The molecule has 0 aliphatic heterocycles. The van der Waals surface area contributed by atoms with Gasteiger partial charge >= 0.3 is 0 Å². The lowest BCUT2D eigenvalue weighted by Crippen LogP contribution is -2.27. The van der Waals surface area contributed by atoms with Crippen LogP contribution in [-0.4, -0.2) is 38.8 Å². The number of rotatable bonds is 9. The molecule has 1 aromatic carbocycles. The van der Waals surface area contributed by atoms with Gasteiger partial charge in [0.1, 0.15) is 0 Å². The summed E-state index contributed by atoms with van der Waals surface area (Å²) in [4.78, 5) is 2.48. The second-order valence-corrected chi connectivity index (χ2v) is 5.24. The molecule has 114 valence electrons. The maximum Gasteiger partial charge on any atom is 0.179 e. The summed E-state index contributed by atoms with van der Waals surface area (Å²) in [5, 5.41) is 0.666. The molecule has 0 atom stereocenters. The lowest BCUT2D eigenvalue weighted by Gasteiger charge is -2.21. The van der Waals surface area contributed by atoms with Crippen molar-refractivity contribution < 1.29 is 9.47 Å². The molecule has 20 heavy (non-hydrogen) atoms. The number of benzene rings is 1. The van der Waals surface area contributed by atoms with E-state index in [1.807, 2.05) is 12.1 Å². The van der Waals surface area contributed by atoms with E-state index in [9.17, 15) is 0 Å². The highest BCUT2D eigenvalue weighted by atomic mass is 35.5. The molecule has 0 aliphatic carbocycles. The molecule has 0 heterocycles. The Morgan fingerprint density at radius 3 is 2.15 bits per heavy atom. The van der Waals surface area contributed by atoms with E-state index in [4.69, 9.17) is 21.1 Å². The zero-order chi connectivity index (χ0) is 15.0. The fourth-order valence-corrected chi connectivity index (χ4v) is 2.70. The van der Waals surface area contributed by atoms with Gasteiger partial charge in [0, 0.05) is 6.54 Å². The fourth-order valence-electron chi connectivity index (χ4n) is 2.37. The normalized spacial score (nSPS) is 10.9.